The number of piperidine rings is 2. The average Bonchev–Trinajstić information content (AvgIpc) is 2.86. The molecule has 1 aromatic heterocycles. The Morgan fingerprint density at radius 3 is 3.00 bits per heavy atom. The number of hydrogen-bond acceptors (Lipinski definition) is 4. The second-order valence-corrected chi connectivity index (χ2v) is 6.97. The third kappa shape index (κ3) is 2.69. The smallest absolute Gasteiger partial charge is 0.136 e. The van der Waals surface area contributed by atoms with Gasteiger partial charge in [0.2, 0.25) is 0 Å². The summed E-state index contributed by atoms with van der Waals surface area (Å²) in [6.45, 7) is 4.12. The van der Waals surface area contributed by atoms with Crippen LogP contribution in [0.2, 0.25) is 0 Å². The van der Waals surface area contributed by atoms with Gasteiger partial charge in [-0.25, -0.2) is 0 Å². The van der Waals surface area contributed by atoms with Crippen molar-refractivity contribution in [1.82, 2.24) is 9.80 Å². The molecule has 2 aliphatic heterocycles. The van der Waals surface area contributed by atoms with E-state index in [4.69, 9.17) is 10.2 Å². The van der Waals surface area contributed by atoms with E-state index in [9.17, 15) is 0 Å². The van der Waals surface area contributed by atoms with Gasteiger partial charge in [0.15, 0.2) is 0 Å². The molecule has 0 aliphatic carbocycles. The normalized spacial score (nSPS) is 30.1. The Hall–Kier alpha value is -0.360. The molecule has 2 fully saturated rings. The molecule has 2 saturated heterocycles. The third-order valence-electron chi connectivity index (χ3n) is 4.99. The van der Waals surface area contributed by atoms with Crippen molar-refractivity contribution in [2.45, 2.75) is 31.3 Å². The van der Waals surface area contributed by atoms with Crippen molar-refractivity contribution in [3.8, 4) is 0 Å². The van der Waals surface area contributed by atoms with Gasteiger partial charge in [-0.15, -0.1) is 0 Å². The molecule has 0 spiro atoms. The van der Waals surface area contributed by atoms with Crippen LogP contribution in [0.1, 0.15) is 31.1 Å². The molecule has 0 radical (unpaired) electrons. The molecule has 3 atom stereocenters. The van der Waals surface area contributed by atoms with Crippen LogP contribution in [0.5, 0.6) is 0 Å². The number of fused-ring (bicyclic) bond motifs is 1. The van der Waals surface area contributed by atoms with Gasteiger partial charge in [0.25, 0.3) is 0 Å². The van der Waals surface area contributed by atoms with Crippen LogP contribution < -0.4 is 5.73 Å². The summed E-state index contributed by atoms with van der Waals surface area (Å²) >= 11 is 3.57. The van der Waals surface area contributed by atoms with E-state index in [0.29, 0.717) is 6.54 Å². The van der Waals surface area contributed by atoms with E-state index in [0.717, 1.165) is 35.3 Å². The predicted molar refractivity (Wildman–Crippen MR) is 83.5 cm³/mol. The monoisotopic (exact) mass is 341 g/mol. The highest BCUT2D eigenvalue weighted by Gasteiger charge is 2.37. The Bertz CT molecular complexity index is 450. The van der Waals surface area contributed by atoms with Crippen LogP contribution in [0.4, 0.5) is 0 Å². The largest absolute Gasteiger partial charge is 0.466 e. The first kappa shape index (κ1) is 14.6. The standard InChI is InChI=1S/C15H24BrN3O/c1-18-6-2-3-11-10-19(7-4-13(11)18)14(9-17)15-12(16)5-8-20-15/h5,8,11,13-14H,2-4,6-7,9-10,17H2,1H3. The first-order valence-corrected chi connectivity index (χ1v) is 8.37. The van der Waals surface area contributed by atoms with E-state index in [1.807, 2.05) is 6.07 Å². The maximum Gasteiger partial charge on any atom is 0.136 e. The first-order valence-electron chi connectivity index (χ1n) is 7.58. The number of furan rings is 1. The number of nitrogens with zero attached hydrogens (tertiary/aromatic N) is 2. The highest BCUT2D eigenvalue weighted by Crippen LogP contribution is 2.35. The van der Waals surface area contributed by atoms with Crippen LogP contribution in [-0.4, -0.2) is 49.1 Å². The summed E-state index contributed by atoms with van der Waals surface area (Å²) in [6.07, 6.45) is 5.66. The highest BCUT2D eigenvalue weighted by molar-refractivity contribution is 9.10. The van der Waals surface area contributed by atoms with Crippen molar-refractivity contribution < 1.29 is 4.42 Å². The van der Waals surface area contributed by atoms with Crippen LogP contribution in [-0.2, 0) is 0 Å². The fourth-order valence-corrected chi connectivity index (χ4v) is 4.39. The molecule has 4 nitrogen and oxygen atoms in total. The van der Waals surface area contributed by atoms with Crippen molar-refractivity contribution in [2.24, 2.45) is 11.7 Å². The van der Waals surface area contributed by atoms with Gasteiger partial charge in [-0.1, -0.05) is 0 Å². The zero-order valence-electron chi connectivity index (χ0n) is 12.1. The van der Waals surface area contributed by atoms with Crippen molar-refractivity contribution >= 4 is 15.9 Å². The molecule has 20 heavy (non-hydrogen) atoms. The lowest BCUT2D eigenvalue weighted by atomic mass is 9.83. The van der Waals surface area contributed by atoms with Gasteiger partial charge >= 0.3 is 0 Å². The van der Waals surface area contributed by atoms with Gasteiger partial charge in [0.05, 0.1) is 16.8 Å². The number of nitrogens with two attached hydrogens (primary N) is 1. The molecule has 112 valence electrons. The maximum absolute atomic E-state index is 6.03. The van der Waals surface area contributed by atoms with E-state index in [2.05, 4.69) is 32.8 Å². The lowest BCUT2D eigenvalue weighted by Crippen LogP contribution is -2.53. The quantitative estimate of drug-likeness (QED) is 0.917. The second kappa shape index (κ2) is 6.18. The Labute approximate surface area is 129 Å². The summed E-state index contributed by atoms with van der Waals surface area (Å²) in [5.41, 5.74) is 6.03. The van der Waals surface area contributed by atoms with E-state index in [1.165, 1.54) is 25.8 Å². The zero-order chi connectivity index (χ0) is 14.1. The Balaban J connectivity index is 1.73. The molecule has 0 bridgehead atoms. The molecule has 5 heteroatoms. The summed E-state index contributed by atoms with van der Waals surface area (Å²) in [4.78, 5) is 5.07. The molecule has 0 aromatic carbocycles. The van der Waals surface area contributed by atoms with Crippen LogP contribution >= 0.6 is 15.9 Å². The maximum atomic E-state index is 6.03. The Kier molecular flexibility index (Phi) is 4.50. The lowest BCUT2D eigenvalue weighted by molar-refractivity contribution is 0.0170. The van der Waals surface area contributed by atoms with E-state index < -0.39 is 0 Å². The minimum atomic E-state index is 0.201. The minimum absolute atomic E-state index is 0.201. The molecular weight excluding hydrogens is 318 g/mol. The van der Waals surface area contributed by atoms with Crippen molar-refractivity contribution in [3.63, 3.8) is 0 Å². The molecule has 2 aliphatic rings. The number of rotatable bonds is 3. The number of likely N-dealkylation sites (tertiary alicyclic amines) is 2. The molecular formula is C15H24BrN3O. The highest BCUT2D eigenvalue weighted by atomic mass is 79.9. The zero-order valence-corrected chi connectivity index (χ0v) is 13.7. The van der Waals surface area contributed by atoms with Gasteiger partial charge in [0, 0.05) is 25.7 Å². The molecule has 3 heterocycles. The summed E-state index contributed by atoms with van der Waals surface area (Å²) in [7, 11) is 2.27. The van der Waals surface area contributed by atoms with Crippen LogP contribution in [0.25, 0.3) is 0 Å². The second-order valence-electron chi connectivity index (χ2n) is 6.12. The van der Waals surface area contributed by atoms with Crippen molar-refractivity contribution in [2.75, 3.05) is 33.2 Å². The Morgan fingerprint density at radius 2 is 2.30 bits per heavy atom. The van der Waals surface area contributed by atoms with E-state index in [-0.39, 0.29) is 6.04 Å². The molecule has 3 unspecified atom stereocenters. The van der Waals surface area contributed by atoms with Gasteiger partial charge < -0.3 is 15.1 Å². The molecule has 3 rings (SSSR count). The SMILES string of the molecule is CN1CCCC2CN(C(CN)c3occc3Br)CCC21. The summed E-state index contributed by atoms with van der Waals surface area (Å²) in [5.74, 6) is 1.76. The van der Waals surface area contributed by atoms with Gasteiger partial charge in [-0.3, -0.25) is 4.90 Å². The third-order valence-corrected chi connectivity index (χ3v) is 5.64. The number of hydrogen-bond donors (Lipinski definition) is 1. The van der Waals surface area contributed by atoms with Crippen molar-refractivity contribution in [3.05, 3.63) is 22.6 Å². The van der Waals surface area contributed by atoms with Crippen LogP contribution in [0.15, 0.2) is 21.2 Å². The van der Waals surface area contributed by atoms with Gasteiger partial charge in [-0.2, -0.15) is 0 Å². The van der Waals surface area contributed by atoms with Crippen LogP contribution in [0.3, 0.4) is 0 Å². The lowest BCUT2D eigenvalue weighted by Gasteiger charge is -2.47. The summed E-state index contributed by atoms with van der Waals surface area (Å²) in [6, 6.07) is 2.92. The molecule has 0 amide bonds. The van der Waals surface area contributed by atoms with Gasteiger partial charge in [-0.05, 0) is 60.8 Å². The molecule has 1 aromatic rings. The number of halogens is 1. The van der Waals surface area contributed by atoms with E-state index >= 15 is 0 Å². The fourth-order valence-electron chi connectivity index (χ4n) is 3.93. The topological polar surface area (TPSA) is 45.6 Å². The molecule has 2 N–H and O–H groups in total. The minimum Gasteiger partial charge on any atom is -0.466 e. The average molecular weight is 342 g/mol. The van der Waals surface area contributed by atoms with Crippen molar-refractivity contribution in [1.29, 1.82) is 0 Å². The fraction of sp³-hybridized carbons (Fsp3) is 0.733. The first-order chi connectivity index (χ1) is 9.70. The molecule has 0 saturated carbocycles. The van der Waals surface area contributed by atoms with Crippen LogP contribution in [0, 0.1) is 5.92 Å². The van der Waals surface area contributed by atoms with E-state index in [1.54, 1.807) is 6.26 Å². The Morgan fingerprint density at radius 1 is 1.45 bits per heavy atom. The van der Waals surface area contributed by atoms with Gasteiger partial charge in [0.1, 0.15) is 5.76 Å². The summed E-state index contributed by atoms with van der Waals surface area (Å²) < 4.78 is 6.69. The predicted octanol–water partition coefficient (Wildman–Crippen LogP) is 2.46. The summed E-state index contributed by atoms with van der Waals surface area (Å²) in [5, 5.41) is 0.